The Kier molecular flexibility index (Phi) is 5.64. The van der Waals surface area contributed by atoms with Crippen LogP contribution >= 0.6 is 38.5 Å². The lowest BCUT2D eigenvalue weighted by Gasteiger charge is -2.08. The quantitative estimate of drug-likeness (QED) is 0.245. The van der Waals surface area contributed by atoms with Gasteiger partial charge in [0.15, 0.2) is 0 Å². The number of benzene rings is 1. The molecule has 1 aromatic rings. The van der Waals surface area contributed by atoms with Crippen LogP contribution in [0.4, 0.5) is 5.69 Å². The predicted molar refractivity (Wildman–Crippen MR) is 74.4 cm³/mol. The van der Waals surface area contributed by atoms with Crippen LogP contribution in [0.5, 0.6) is 5.75 Å². The summed E-state index contributed by atoms with van der Waals surface area (Å²) in [4.78, 5) is 10.3. The molecule has 90 valence electrons. The van der Waals surface area contributed by atoms with Gasteiger partial charge in [-0.25, -0.2) is 0 Å². The van der Waals surface area contributed by atoms with E-state index in [1.54, 1.807) is 6.07 Å². The van der Waals surface area contributed by atoms with E-state index < -0.39 is 4.92 Å². The van der Waals surface area contributed by atoms with E-state index in [0.29, 0.717) is 10.2 Å². The molecule has 0 spiro atoms. The highest BCUT2D eigenvalue weighted by Crippen LogP contribution is 2.33. The molecule has 0 aromatic heterocycles. The van der Waals surface area contributed by atoms with Crippen molar-refractivity contribution in [1.82, 2.24) is 0 Å². The molecule has 7 heteroatoms. The van der Waals surface area contributed by atoms with Gasteiger partial charge in [0.1, 0.15) is 0 Å². The highest BCUT2D eigenvalue weighted by atomic mass is 127. The minimum absolute atomic E-state index is 0.164. The summed E-state index contributed by atoms with van der Waals surface area (Å²) in [5.74, 6) is 0.232. The Morgan fingerprint density at radius 3 is 2.82 bits per heavy atom. The number of hydrogen-bond donors (Lipinski definition) is 0. The first kappa shape index (κ1) is 14.2. The molecule has 0 saturated carbocycles. The minimum Gasteiger partial charge on any atom is -0.486 e. The molecule has 0 atom stereocenters. The third-order valence-corrected chi connectivity index (χ3v) is 3.24. The van der Waals surface area contributed by atoms with Crippen molar-refractivity contribution in [3.63, 3.8) is 0 Å². The number of alkyl halides is 1. The van der Waals surface area contributed by atoms with Crippen LogP contribution in [0.1, 0.15) is 12.0 Å². The molecule has 0 unspecified atom stereocenters. The second kappa shape index (κ2) is 6.76. The van der Waals surface area contributed by atoms with Gasteiger partial charge < -0.3 is 4.74 Å². The molecule has 0 saturated heterocycles. The number of ether oxygens (including phenoxy) is 1. The molecule has 0 fully saturated rings. The van der Waals surface area contributed by atoms with Crippen molar-refractivity contribution in [1.29, 1.82) is 5.26 Å². The SMILES string of the molecule is N#Cc1cc(I)c(OCCCBr)c([N+](=O)[O-])c1. The second-order valence-corrected chi connectivity index (χ2v) is 5.02. The fourth-order valence-corrected chi connectivity index (χ4v) is 2.15. The molecular formula is C10H8BrIN2O3. The molecular weight excluding hydrogens is 403 g/mol. The fourth-order valence-electron chi connectivity index (χ4n) is 1.15. The van der Waals surface area contributed by atoms with Crippen LogP contribution in [0.2, 0.25) is 0 Å². The molecule has 0 aliphatic carbocycles. The lowest BCUT2D eigenvalue weighted by atomic mass is 10.2. The van der Waals surface area contributed by atoms with Crippen molar-refractivity contribution >= 4 is 44.2 Å². The van der Waals surface area contributed by atoms with E-state index in [9.17, 15) is 10.1 Å². The summed E-state index contributed by atoms with van der Waals surface area (Å²) in [6.45, 7) is 0.397. The van der Waals surface area contributed by atoms with Gasteiger partial charge in [-0.2, -0.15) is 5.26 Å². The normalized spacial score (nSPS) is 9.71. The summed E-state index contributed by atoms with van der Waals surface area (Å²) >= 11 is 5.18. The molecule has 1 rings (SSSR count). The molecule has 0 radical (unpaired) electrons. The third-order valence-electron chi connectivity index (χ3n) is 1.87. The number of hydrogen-bond acceptors (Lipinski definition) is 4. The van der Waals surface area contributed by atoms with Gasteiger partial charge in [0.05, 0.1) is 26.7 Å². The molecule has 0 amide bonds. The smallest absolute Gasteiger partial charge is 0.313 e. The van der Waals surface area contributed by atoms with Crippen molar-refractivity contribution in [2.45, 2.75) is 6.42 Å². The summed E-state index contributed by atoms with van der Waals surface area (Å²) in [6, 6.07) is 4.68. The van der Waals surface area contributed by atoms with Crippen molar-refractivity contribution < 1.29 is 9.66 Å². The summed E-state index contributed by atoms with van der Waals surface area (Å²) < 4.78 is 5.95. The second-order valence-electron chi connectivity index (χ2n) is 3.07. The van der Waals surface area contributed by atoms with Crippen molar-refractivity contribution in [3.05, 3.63) is 31.4 Å². The highest BCUT2D eigenvalue weighted by molar-refractivity contribution is 14.1. The van der Waals surface area contributed by atoms with Crippen LogP contribution < -0.4 is 4.74 Å². The van der Waals surface area contributed by atoms with E-state index in [1.165, 1.54) is 6.07 Å². The Labute approximate surface area is 120 Å². The molecule has 1 aromatic carbocycles. The summed E-state index contributed by atoms with van der Waals surface area (Å²) in [5.41, 5.74) is 0.0944. The maximum Gasteiger partial charge on any atom is 0.313 e. The van der Waals surface area contributed by atoms with Crippen LogP contribution in [0.25, 0.3) is 0 Å². The van der Waals surface area contributed by atoms with Crippen LogP contribution in [-0.2, 0) is 0 Å². The van der Waals surface area contributed by atoms with Gasteiger partial charge in [0.25, 0.3) is 0 Å². The van der Waals surface area contributed by atoms with E-state index in [1.807, 2.05) is 28.7 Å². The average Bonchev–Trinajstić information content (AvgIpc) is 2.30. The lowest BCUT2D eigenvalue weighted by molar-refractivity contribution is -0.386. The minimum atomic E-state index is -0.535. The summed E-state index contributed by atoms with van der Waals surface area (Å²) in [7, 11) is 0. The van der Waals surface area contributed by atoms with Crippen molar-refractivity contribution in [3.8, 4) is 11.8 Å². The number of halogens is 2. The van der Waals surface area contributed by atoms with Gasteiger partial charge in [0.2, 0.25) is 5.75 Å². The molecule has 0 aliphatic rings. The summed E-state index contributed by atoms with van der Waals surface area (Å²) in [6.07, 6.45) is 0.757. The number of rotatable bonds is 5. The first-order valence-corrected chi connectivity index (χ1v) is 6.87. The maximum absolute atomic E-state index is 10.9. The van der Waals surface area contributed by atoms with Gasteiger partial charge in [0, 0.05) is 11.4 Å². The van der Waals surface area contributed by atoms with E-state index in [2.05, 4.69) is 15.9 Å². The molecule has 0 N–H and O–H groups in total. The number of nitro benzene ring substituents is 1. The Balaban J connectivity index is 3.09. The zero-order valence-electron chi connectivity index (χ0n) is 8.65. The van der Waals surface area contributed by atoms with E-state index in [-0.39, 0.29) is 17.0 Å². The van der Waals surface area contributed by atoms with Gasteiger partial charge in [-0.3, -0.25) is 10.1 Å². The summed E-state index contributed by atoms with van der Waals surface area (Å²) in [5, 5.41) is 20.4. The van der Waals surface area contributed by atoms with Crippen LogP contribution in [0.15, 0.2) is 12.1 Å². The Morgan fingerprint density at radius 2 is 2.29 bits per heavy atom. The molecule has 5 nitrogen and oxygen atoms in total. The molecule has 0 bridgehead atoms. The topological polar surface area (TPSA) is 76.2 Å². The average molecular weight is 411 g/mol. The Morgan fingerprint density at radius 1 is 1.59 bits per heavy atom. The number of nitro groups is 1. The van der Waals surface area contributed by atoms with Crippen molar-refractivity contribution in [2.75, 3.05) is 11.9 Å². The van der Waals surface area contributed by atoms with Crippen LogP contribution in [-0.4, -0.2) is 16.9 Å². The van der Waals surface area contributed by atoms with Crippen LogP contribution in [0.3, 0.4) is 0 Å². The zero-order chi connectivity index (χ0) is 12.8. The molecule has 17 heavy (non-hydrogen) atoms. The molecule has 0 aliphatic heterocycles. The van der Waals surface area contributed by atoms with Crippen molar-refractivity contribution in [2.24, 2.45) is 0 Å². The molecule has 0 heterocycles. The maximum atomic E-state index is 10.9. The number of nitriles is 1. The number of nitrogens with zero attached hydrogens (tertiary/aromatic N) is 2. The largest absolute Gasteiger partial charge is 0.486 e. The van der Waals surface area contributed by atoms with Crippen LogP contribution in [0, 0.1) is 25.0 Å². The lowest BCUT2D eigenvalue weighted by Crippen LogP contribution is -2.03. The Bertz CT molecular complexity index is 473. The Hall–Kier alpha value is -0.880. The van der Waals surface area contributed by atoms with Gasteiger partial charge in [-0.05, 0) is 35.1 Å². The highest BCUT2D eigenvalue weighted by Gasteiger charge is 2.20. The van der Waals surface area contributed by atoms with E-state index in [0.717, 1.165) is 11.8 Å². The van der Waals surface area contributed by atoms with Gasteiger partial charge >= 0.3 is 5.69 Å². The first-order chi connectivity index (χ1) is 8.10. The zero-order valence-corrected chi connectivity index (χ0v) is 12.4. The van der Waals surface area contributed by atoms with E-state index in [4.69, 9.17) is 10.00 Å². The van der Waals surface area contributed by atoms with Gasteiger partial charge in [-0.15, -0.1) is 0 Å². The predicted octanol–water partition coefficient (Wildman–Crippen LogP) is 3.23. The van der Waals surface area contributed by atoms with E-state index >= 15 is 0 Å². The monoisotopic (exact) mass is 410 g/mol. The first-order valence-electron chi connectivity index (χ1n) is 4.67. The third kappa shape index (κ3) is 3.81. The van der Waals surface area contributed by atoms with Gasteiger partial charge in [-0.1, -0.05) is 15.9 Å². The fraction of sp³-hybridized carbons (Fsp3) is 0.300. The standard InChI is InChI=1S/C10H8BrIN2O3/c11-2-1-3-17-10-8(12)4-7(6-13)5-9(10)14(15)16/h4-5H,1-3H2.